The van der Waals surface area contributed by atoms with Crippen molar-refractivity contribution >= 4 is 24.7 Å². The Morgan fingerprint density at radius 3 is 1.77 bits per heavy atom. The van der Waals surface area contributed by atoms with Crippen LogP contribution in [0, 0.1) is 5.92 Å². The van der Waals surface area contributed by atoms with Crippen LogP contribution in [-0.2, 0) is 14.0 Å². The summed E-state index contributed by atoms with van der Waals surface area (Å²) in [5.41, 5.74) is 0. The highest BCUT2D eigenvalue weighted by Crippen LogP contribution is 2.37. The normalized spacial score (nSPS) is 13.3. The molecule has 3 nitrogen and oxygen atoms in total. The topological polar surface area (TPSA) is 35.5 Å². The number of rotatable bonds is 7. The van der Waals surface area contributed by atoms with E-state index in [1.165, 1.54) is 17.5 Å². The van der Waals surface area contributed by atoms with Crippen LogP contribution in [0.2, 0.25) is 5.04 Å². The second-order valence-corrected chi connectivity index (χ2v) is 11.9. The van der Waals surface area contributed by atoms with Crippen molar-refractivity contribution in [1.82, 2.24) is 0 Å². The summed E-state index contributed by atoms with van der Waals surface area (Å²) in [5.74, 6) is -0.452. The van der Waals surface area contributed by atoms with E-state index in [2.05, 4.69) is 69.3 Å². The number of methoxy groups -OCH3 is 1. The predicted octanol–water partition coefficient (Wildman–Crippen LogP) is 3.76. The van der Waals surface area contributed by atoms with Gasteiger partial charge in [-0.3, -0.25) is 4.79 Å². The standard InChI is InChI=1S/C22H30O3Si/c1-6-18(21(23)24-5)17-25-26(22(2,3)4,19-13-9-7-10-14-19)20-15-11-8-12-16-20/h7-16,18H,6,17H2,1-5H3/t18-/m0/s1. The second-order valence-electron chi connectivity index (χ2n) is 7.60. The first kappa shape index (κ1) is 20.4. The molecular weight excluding hydrogens is 340 g/mol. The number of esters is 1. The zero-order valence-electron chi connectivity index (χ0n) is 16.5. The third-order valence-corrected chi connectivity index (χ3v) is 9.95. The molecule has 0 fully saturated rings. The summed E-state index contributed by atoms with van der Waals surface area (Å²) in [5, 5.41) is 2.35. The first-order valence-electron chi connectivity index (χ1n) is 9.19. The minimum Gasteiger partial charge on any atom is -0.469 e. The van der Waals surface area contributed by atoms with Gasteiger partial charge in [0.1, 0.15) is 0 Å². The molecule has 4 heteroatoms. The van der Waals surface area contributed by atoms with Gasteiger partial charge in [0.05, 0.1) is 13.0 Å². The van der Waals surface area contributed by atoms with Crippen LogP contribution in [0.15, 0.2) is 60.7 Å². The molecule has 0 saturated heterocycles. The lowest BCUT2D eigenvalue weighted by Crippen LogP contribution is -2.67. The molecule has 0 spiro atoms. The number of hydrogen-bond donors (Lipinski definition) is 0. The first-order valence-corrected chi connectivity index (χ1v) is 11.1. The number of benzene rings is 2. The molecule has 0 aromatic heterocycles. The van der Waals surface area contributed by atoms with E-state index in [0.29, 0.717) is 13.0 Å². The SMILES string of the molecule is CC[C@@H](CO[Si](c1ccccc1)(c1ccccc1)C(C)(C)C)C(=O)OC. The average molecular weight is 371 g/mol. The smallest absolute Gasteiger partial charge is 0.310 e. The van der Waals surface area contributed by atoms with Crippen LogP contribution in [0.4, 0.5) is 0 Å². The number of ether oxygens (including phenoxy) is 1. The lowest BCUT2D eigenvalue weighted by Gasteiger charge is -2.43. The predicted molar refractivity (Wildman–Crippen MR) is 109 cm³/mol. The maximum Gasteiger partial charge on any atom is 0.310 e. The highest BCUT2D eigenvalue weighted by atomic mass is 28.4. The molecule has 0 amide bonds. The van der Waals surface area contributed by atoms with Gasteiger partial charge in [-0.1, -0.05) is 88.4 Å². The summed E-state index contributed by atoms with van der Waals surface area (Å²) in [7, 11) is -1.16. The molecule has 2 aromatic rings. The zero-order chi connectivity index (χ0) is 19.2. The van der Waals surface area contributed by atoms with Crippen molar-refractivity contribution in [2.24, 2.45) is 5.92 Å². The van der Waals surface area contributed by atoms with E-state index in [0.717, 1.165) is 0 Å². The summed E-state index contributed by atoms with van der Waals surface area (Å²) in [6.07, 6.45) is 0.699. The van der Waals surface area contributed by atoms with Gasteiger partial charge in [-0.05, 0) is 21.8 Å². The maximum atomic E-state index is 12.1. The first-order chi connectivity index (χ1) is 12.4. The monoisotopic (exact) mass is 370 g/mol. The summed E-state index contributed by atoms with van der Waals surface area (Å²) in [6, 6.07) is 20.9. The molecule has 0 saturated carbocycles. The van der Waals surface area contributed by atoms with Gasteiger partial charge in [-0.25, -0.2) is 0 Å². The van der Waals surface area contributed by atoms with Crippen LogP contribution in [0.5, 0.6) is 0 Å². The quantitative estimate of drug-likeness (QED) is 0.550. The van der Waals surface area contributed by atoms with E-state index >= 15 is 0 Å². The Morgan fingerprint density at radius 1 is 0.962 bits per heavy atom. The Morgan fingerprint density at radius 2 is 1.42 bits per heavy atom. The van der Waals surface area contributed by atoms with Crippen molar-refractivity contribution in [1.29, 1.82) is 0 Å². The summed E-state index contributed by atoms with van der Waals surface area (Å²) < 4.78 is 11.7. The second kappa shape index (κ2) is 8.65. The van der Waals surface area contributed by atoms with Crippen molar-refractivity contribution < 1.29 is 14.0 Å². The van der Waals surface area contributed by atoms with Crippen LogP contribution in [0.3, 0.4) is 0 Å². The molecule has 0 aliphatic carbocycles. The molecule has 0 unspecified atom stereocenters. The third kappa shape index (κ3) is 4.08. The van der Waals surface area contributed by atoms with Gasteiger partial charge in [-0.2, -0.15) is 0 Å². The van der Waals surface area contributed by atoms with Crippen molar-refractivity contribution in [3.05, 3.63) is 60.7 Å². The highest BCUT2D eigenvalue weighted by molar-refractivity contribution is 6.99. The third-order valence-electron chi connectivity index (χ3n) is 4.95. The number of carbonyl (C=O) groups excluding carboxylic acids is 1. The van der Waals surface area contributed by atoms with Crippen molar-refractivity contribution in [2.75, 3.05) is 13.7 Å². The van der Waals surface area contributed by atoms with E-state index in [-0.39, 0.29) is 16.9 Å². The van der Waals surface area contributed by atoms with Gasteiger partial charge in [0.25, 0.3) is 8.32 Å². The molecule has 0 aliphatic rings. The van der Waals surface area contributed by atoms with E-state index in [1.54, 1.807) is 0 Å². The minimum atomic E-state index is -2.59. The molecular formula is C22H30O3Si. The fraction of sp³-hybridized carbons (Fsp3) is 0.409. The molecule has 2 rings (SSSR count). The van der Waals surface area contributed by atoms with Crippen LogP contribution >= 0.6 is 0 Å². The lowest BCUT2D eigenvalue weighted by molar-refractivity contribution is -0.146. The van der Waals surface area contributed by atoms with Crippen LogP contribution < -0.4 is 10.4 Å². The van der Waals surface area contributed by atoms with E-state index < -0.39 is 8.32 Å². The Bertz CT molecular complexity index is 653. The van der Waals surface area contributed by atoms with Crippen LogP contribution in [-0.4, -0.2) is 28.0 Å². The molecule has 0 radical (unpaired) electrons. The average Bonchev–Trinajstić information content (AvgIpc) is 2.65. The largest absolute Gasteiger partial charge is 0.469 e. The summed E-state index contributed by atoms with van der Waals surface area (Å²) >= 11 is 0. The fourth-order valence-corrected chi connectivity index (χ4v) is 8.11. The molecule has 0 bridgehead atoms. The van der Waals surface area contributed by atoms with E-state index in [9.17, 15) is 4.79 Å². The molecule has 140 valence electrons. The summed E-state index contributed by atoms with van der Waals surface area (Å²) in [4.78, 5) is 12.1. The molecule has 0 N–H and O–H groups in total. The molecule has 0 heterocycles. The Labute approximate surface area is 158 Å². The van der Waals surface area contributed by atoms with Gasteiger partial charge in [0, 0.05) is 6.61 Å². The number of carbonyl (C=O) groups is 1. The van der Waals surface area contributed by atoms with Gasteiger partial charge in [-0.15, -0.1) is 0 Å². The van der Waals surface area contributed by atoms with E-state index in [1.807, 2.05) is 19.1 Å². The minimum absolute atomic E-state index is 0.0931. The van der Waals surface area contributed by atoms with Crippen molar-refractivity contribution in [3.63, 3.8) is 0 Å². The van der Waals surface area contributed by atoms with Crippen LogP contribution in [0.1, 0.15) is 34.1 Å². The number of hydrogen-bond acceptors (Lipinski definition) is 3. The van der Waals surface area contributed by atoms with Gasteiger partial charge < -0.3 is 9.16 Å². The van der Waals surface area contributed by atoms with Gasteiger partial charge in [0.15, 0.2) is 0 Å². The lowest BCUT2D eigenvalue weighted by atomic mass is 10.1. The van der Waals surface area contributed by atoms with Crippen LogP contribution in [0.25, 0.3) is 0 Å². The Hall–Kier alpha value is -1.91. The van der Waals surface area contributed by atoms with Gasteiger partial charge in [0.2, 0.25) is 0 Å². The zero-order valence-corrected chi connectivity index (χ0v) is 17.5. The molecule has 26 heavy (non-hydrogen) atoms. The van der Waals surface area contributed by atoms with Crippen molar-refractivity contribution in [3.8, 4) is 0 Å². The van der Waals surface area contributed by atoms with Gasteiger partial charge >= 0.3 is 5.97 Å². The van der Waals surface area contributed by atoms with Crippen molar-refractivity contribution in [2.45, 2.75) is 39.2 Å². The maximum absolute atomic E-state index is 12.1. The Balaban J connectivity index is 2.55. The Kier molecular flexibility index (Phi) is 6.79. The highest BCUT2D eigenvalue weighted by Gasteiger charge is 2.50. The molecule has 0 aliphatic heterocycles. The molecule has 2 aromatic carbocycles. The van der Waals surface area contributed by atoms with E-state index in [4.69, 9.17) is 9.16 Å². The molecule has 1 atom stereocenters. The fourth-order valence-electron chi connectivity index (χ4n) is 3.51. The summed E-state index contributed by atoms with van der Waals surface area (Å²) in [6.45, 7) is 9.07.